The topological polar surface area (TPSA) is 73.6 Å². The van der Waals surface area contributed by atoms with Crippen molar-refractivity contribution in [1.82, 2.24) is 5.32 Å². The van der Waals surface area contributed by atoms with Gasteiger partial charge in [-0.3, -0.25) is 4.79 Å². The lowest BCUT2D eigenvalue weighted by molar-refractivity contribution is 0.0950. The molecule has 1 atom stereocenters. The first-order chi connectivity index (χ1) is 12.4. The molecule has 6 heteroatoms. The van der Waals surface area contributed by atoms with Crippen molar-refractivity contribution in [3.05, 3.63) is 58.6 Å². The van der Waals surface area contributed by atoms with Crippen LogP contribution >= 0.6 is 11.6 Å². The zero-order valence-corrected chi connectivity index (χ0v) is 16.0. The van der Waals surface area contributed by atoms with Gasteiger partial charge in [-0.15, -0.1) is 0 Å². The second-order valence-corrected chi connectivity index (χ2v) is 6.83. The molecule has 5 nitrogen and oxygen atoms in total. The molecule has 1 unspecified atom stereocenters. The summed E-state index contributed by atoms with van der Waals surface area (Å²) in [5.74, 6) is 0.946. The molecule has 2 aromatic rings. The minimum Gasteiger partial charge on any atom is -0.493 e. The second kappa shape index (κ2) is 9.46. The van der Waals surface area contributed by atoms with Crippen molar-refractivity contribution in [3.8, 4) is 11.5 Å². The third-order valence-electron chi connectivity index (χ3n) is 3.76. The average molecular weight is 377 g/mol. The molecule has 0 aromatic heterocycles. The Kier molecular flexibility index (Phi) is 7.30. The van der Waals surface area contributed by atoms with E-state index in [-0.39, 0.29) is 11.9 Å². The Labute approximate surface area is 159 Å². The normalized spacial score (nSPS) is 11.9. The number of nitrogens with two attached hydrogens (primary N) is 1. The smallest absolute Gasteiger partial charge is 0.251 e. The molecule has 2 rings (SSSR count). The first kappa shape index (κ1) is 20.1. The summed E-state index contributed by atoms with van der Waals surface area (Å²) < 4.78 is 11.0. The van der Waals surface area contributed by atoms with Crippen LogP contribution in [0.4, 0.5) is 0 Å². The van der Waals surface area contributed by atoms with Crippen molar-refractivity contribution < 1.29 is 14.3 Å². The molecule has 0 saturated heterocycles. The number of amides is 1. The van der Waals surface area contributed by atoms with E-state index in [1.54, 1.807) is 12.1 Å². The van der Waals surface area contributed by atoms with E-state index in [0.717, 1.165) is 5.56 Å². The van der Waals surface area contributed by atoms with Gasteiger partial charge in [0, 0.05) is 18.2 Å². The molecule has 0 bridgehead atoms. The zero-order valence-electron chi connectivity index (χ0n) is 15.3. The number of nitrogens with one attached hydrogen (secondary N) is 1. The summed E-state index contributed by atoms with van der Waals surface area (Å²) in [7, 11) is 1.51. The van der Waals surface area contributed by atoms with Crippen LogP contribution in [0.1, 0.15) is 35.8 Å². The molecule has 26 heavy (non-hydrogen) atoms. The van der Waals surface area contributed by atoms with Crippen LogP contribution in [0.3, 0.4) is 0 Å². The van der Waals surface area contributed by atoms with E-state index in [1.807, 2.05) is 44.2 Å². The fraction of sp³-hybridized carbons (Fsp3) is 0.350. The summed E-state index contributed by atoms with van der Waals surface area (Å²) in [4.78, 5) is 12.5. The highest BCUT2D eigenvalue weighted by Gasteiger charge is 2.17. The maximum atomic E-state index is 12.5. The van der Waals surface area contributed by atoms with Crippen LogP contribution < -0.4 is 20.5 Å². The number of hydrogen-bond donors (Lipinski definition) is 2. The monoisotopic (exact) mass is 376 g/mol. The van der Waals surface area contributed by atoms with E-state index >= 15 is 0 Å². The lowest BCUT2D eigenvalue weighted by atomic mass is 10.1. The molecule has 0 aliphatic carbocycles. The Bertz CT molecular complexity index is 735. The Hall–Kier alpha value is -2.24. The maximum Gasteiger partial charge on any atom is 0.251 e. The van der Waals surface area contributed by atoms with Crippen molar-refractivity contribution in [1.29, 1.82) is 0 Å². The molecule has 2 aromatic carbocycles. The van der Waals surface area contributed by atoms with E-state index in [0.29, 0.717) is 41.2 Å². The molecule has 140 valence electrons. The van der Waals surface area contributed by atoms with Crippen LogP contribution in [0.25, 0.3) is 0 Å². The first-order valence-electron chi connectivity index (χ1n) is 8.51. The summed E-state index contributed by atoms with van der Waals surface area (Å²) in [6, 6.07) is 12.5. The van der Waals surface area contributed by atoms with Crippen molar-refractivity contribution >= 4 is 17.5 Å². The van der Waals surface area contributed by atoms with Crippen LogP contribution in [0.2, 0.25) is 5.02 Å². The lowest BCUT2D eigenvalue weighted by Crippen LogP contribution is -2.31. The summed E-state index contributed by atoms with van der Waals surface area (Å²) in [6.07, 6.45) is 0. The third-order valence-corrected chi connectivity index (χ3v) is 4.04. The SMILES string of the molecule is COc1cc(C(=O)NCC(N)c2ccccc2)cc(Cl)c1OCC(C)C. The minimum absolute atomic E-state index is 0.271. The number of carbonyl (C=O) groups excluding carboxylic acids is 1. The molecule has 0 aliphatic heterocycles. The van der Waals surface area contributed by atoms with Gasteiger partial charge in [0.25, 0.3) is 5.91 Å². The average Bonchev–Trinajstić information content (AvgIpc) is 2.64. The van der Waals surface area contributed by atoms with Crippen LogP contribution in [0, 0.1) is 5.92 Å². The van der Waals surface area contributed by atoms with Gasteiger partial charge in [0.15, 0.2) is 11.5 Å². The second-order valence-electron chi connectivity index (χ2n) is 6.42. The highest BCUT2D eigenvalue weighted by Crippen LogP contribution is 2.36. The molecule has 3 N–H and O–H groups in total. The largest absolute Gasteiger partial charge is 0.493 e. The van der Waals surface area contributed by atoms with Gasteiger partial charge in [-0.1, -0.05) is 55.8 Å². The highest BCUT2D eigenvalue weighted by atomic mass is 35.5. The Morgan fingerprint density at radius 3 is 2.54 bits per heavy atom. The quantitative estimate of drug-likeness (QED) is 0.734. The van der Waals surface area contributed by atoms with E-state index in [2.05, 4.69) is 5.32 Å². The van der Waals surface area contributed by atoms with Gasteiger partial charge < -0.3 is 20.5 Å². The highest BCUT2D eigenvalue weighted by molar-refractivity contribution is 6.32. The van der Waals surface area contributed by atoms with Gasteiger partial charge in [0.2, 0.25) is 0 Å². The predicted octanol–water partition coefficient (Wildman–Crippen LogP) is 3.81. The van der Waals surface area contributed by atoms with Crippen LogP contribution in [-0.4, -0.2) is 26.2 Å². The van der Waals surface area contributed by atoms with Gasteiger partial charge in [-0.25, -0.2) is 0 Å². The lowest BCUT2D eigenvalue weighted by Gasteiger charge is -2.16. The number of benzene rings is 2. The van der Waals surface area contributed by atoms with E-state index in [9.17, 15) is 4.79 Å². The molecule has 0 heterocycles. The van der Waals surface area contributed by atoms with Gasteiger partial charge in [-0.05, 0) is 23.6 Å². The third kappa shape index (κ3) is 5.38. The van der Waals surface area contributed by atoms with Crippen LogP contribution in [-0.2, 0) is 0 Å². The number of rotatable bonds is 8. The summed E-state index contributed by atoms with van der Waals surface area (Å²) in [5.41, 5.74) is 7.47. The van der Waals surface area contributed by atoms with Crippen LogP contribution in [0.15, 0.2) is 42.5 Å². The van der Waals surface area contributed by atoms with Crippen molar-refractivity contribution in [2.45, 2.75) is 19.9 Å². The molecule has 1 amide bonds. The Morgan fingerprint density at radius 2 is 1.92 bits per heavy atom. The number of ether oxygens (including phenoxy) is 2. The number of halogens is 1. The molecule has 0 saturated carbocycles. The van der Waals surface area contributed by atoms with Crippen molar-refractivity contribution in [3.63, 3.8) is 0 Å². The van der Waals surface area contributed by atoms with Gasteiger partial charge in [-0.2, -0.15) is 0 Å². The number of hydrogen-bond acceptors (Lipinski definition) is 4. The molecular weight excluding hydrogens is 352 g/mol. The predicted molar refractivity (Wildman–Crippen MR) is 104 cm³/mol. The first-order valence-corrected chi connectivity index (χ1v) is 8.89. The van der Waals surface area contributed by atoms with E-state index < -0.39 is 0 Å². The molecule has 0 fully saturated rings. The van der Waals surface area contributed by atoms with Gasteiger partial charge in [0.1, 0.15) is 0 Å². The standard InChI is InChI=1S/C20H25ClN2O3/c1-13(2)12-26-19-16(21)9-15(10-18(19)25-3)20(24)23-11-17(22)14-7-5-4-6-8-14/h4-10,13,17H,11-12,22H2,1-3H3,(H,23,24). The fourth-order valence-electron chi connectivity index (χ4n) is 2.36. The summed E-state index contributed by atoms with van der Waals surface area (Å²) >= 11 is 6.29. The van der Waals surface area contributed by atoms with Crippen molar-refractivity contribution in [2.75, 3.05) is 20.3 Å². The number of carbonyl (C=O) groups is 1. The number of methoxy groups -OCH3 is 1. The van der Waals surface area contributed by atoms with Gasteiger partial charge >= 0.3 is 0 Å². The molecule has 0 spiro atoms. The van der Waals surface area contributed by atoms with E-state index in [4.69, 9.17) is 26.8 Å². The summed E-state index contributed by atoms with van der Waals surface area (Å²) in [5, 5.41) is 3.16. The molecule has 0 aliphatic rings. The zero-order chi connectivity index (χ0) is 19.1. The Balaban J connectivity index is 2.07. The summed E-state index contributed by atoms with van der Waals surface area (Å²) in [6.45, 7) is 4.90. The minimum atomic E-state index is -0.286. The van der Waals surface area contributed by atoms with Crippen molar-refractivity contribution in [2.24, 2.45) is 11.7 Å². The Morgan fingerprint density at radius 1 is 1.23 bits per heavy atom. The van der Waals surface area contributed by atoms with Crippen LogP contribution in [0.5, 0.6) is 11.5 Å². The van der Waals surface area contributed by atoms with E-state index in [1.165, 1.54) is 7.11 Å². The maximum absolute atomic E-state index is 12.5. The van der Waals surface area contributed by atoms with Gasteiger partial charge in [0.05, 0.1) is 18.7 Å². The molecular formula is C20H25ClN2O3. The fourth-order valence-corrected chi connectivity index (χ4v) is 2.63. The molecule has 0 radical (unpaired) electrons.